The van der Waals surface area contributed by atoms with Gasteiger partial charge >= 0.3 is 0 Å². The zero-order valence-electron chi connectivity index (χ0n) is 13.9. The van der Waals surface area contributed by atoms with Crippen molar-refractivity contribution in [3.63, 3.8) is 0 Å². The van der Waals surface area contributed by atoms with E-state index >= 15 is 0 Å². The van der Waals surface area contributed by atoms with Crippen molar-refractivity contribution in [2.45, 2.75) is 33.4 Å². The molecule has 1 aliphatic heterocycles. The van der Waals surface area contributed by atoms with E-state index in [1.807, 2.05) is 17.1 Å². The highest BCUT2D eigenvalue weighted by Gasteiger charge is 2.23. The Hall–Kier alpha value is -1.41. The SMILES string of the molecule is CCn1cc(CN2CCCN(C(=O)CS(=O)(=O)CC)CC2)cn1. The Bertz CT molecular complexity index is 626. The third kappa shape index (κ3) is 5.31. The number of sulfone groups is 1. The van der Waals surface area contributed by atoms with Gasteiger partial charge in [-0.05, 0) is 13.3 Å². The highest BCUT2D eigenvalue weighted by Crippen LogP contribution is 2.09. The average molecular weight is 342 g/mol. The Morgan fingerprint density at radius 3 is 2.65 bits per heavy atom. The molecule has 130 valence electrons. The number of carbonyl (C=O) groups excluding carboxylic acids is 1. The Morgan fingerprint density at radius 2 is 2.00 bits per heavy atom. The molecule has 1 saturated heterocycles. The topological polar surface area (TPSA) is 75.5 Å². The van der Waals surface area contributed by atoms with E-state index in [1.165, 1.54) is 5.56 Å². The summed E-state index contributed by atoms with van der Waals surface area (Å²) in [6.07, 6.45) is 4.78. The minimum absolute atomic E-state index is 0.0140. The average Bonchev–Trinajstić information content (AvgIpc) is 2.84. The van der Waals surface area contributed by atoms with Gasteiger partial charge in [-0.25, -0.2) is 8.42 Å². The molecule has 0 bridgehead atoms. The minimum atomic E-state index is -3.26. The summed E-state index contributed by atoms with van der Waals surface area (Å²) >= 11 is 0. The van der Waals surface area contributed by atoms with Crippen molar-refractivity contribution in [1.29, 1.82) is 0 Å². The van der Waals surface area contributed by atoms with Gasteiger partial charge in [0.2, 0.25) is 5.91 Å². The first-order chi connectivity index (χ1) is 10.9. The lowest BCUT2D eigenvalue weighted by molar-refractivity contribution is -0.128. The van der Waals surface area contributed by atoms with Crippen LogP contribution < -0.4 is 0 Å². The predicted octanol–water partition coefficient (Wildman–Crippen LogP) is 0.372. The number of hydrogen-bond donors (Lipinski definition) is 0. The summed E-state index contributed by atoms with van der Waals surface area (Å²) in [6, 6.07) is 0. The summed E-state index contributed by atoms with van der Waals surface area (Å²) in [6.45, 7) is 8.17. The van der Waals surface area contributed by atoms with E-state index in [9.17, 15) is 13.2 Å². The molecule has 2 rings (SSSR count). The first-order valence-electron chi connectivity index (χ1n) is 8.15. The van der Waals surface area contributed by atoms with Gasteiger partial charge in [-0.3, -0.25) is 14.4 Å². The molecule has 8 heteroatoms. The number of rotatable bonds is 6. The van der Waals surface area contributed by atoms with Crippen molar-refractivity contribution >= 4 is 15.7 Å². The lowest BCUT2D eigenvalue weighted by Gasteiger charge is -2.21. The summed E-state index contributed by atoms with van der Waals surface area (Å²) in [5, 5.41) is 4.28. The fourth-order valence-corrected chi connectivity index (χ4v) is 3.44. The van der Waals surface area contributed by atoms with Crippen LogP contribution in [0.3, 0.4) is 0 Å². The molecular weight excluding hydrogens is 316 g/mol. The second-order valence-electron chi connectivity index (χ2n) is 5.89. The van der Waals surface area contributed by atoms with E-state index in [1.54, 1.807) is 11.8 Å². The lowest BCUT2D eigenvalue weighted by atomic mass is 10.3. The normalized spacial score (nSPS) is 17.2. The Kier molecular flexibility index (Phi) is 6.17. The second-order valence-corrected chi connectivity index (χ2v) is 8.24. The molecule has 0 aliphatic carbocycles. The van der Waals surface area contributed by atoms with Gasteiger partial charge in [-0.2, -0.15) is 5.10 Å². The molecule has 1 amide bonds. The van der Waals surface area contributed by atoms with Crippen LogP contribution in [-0.4, -0.2) is 71.6 Å². The lowest BCUT2D eigenvalue weighted by Crippen LogP contribution is -2.38. The molecule has 2 heterocycles. The highest BCUT2D eigenvalue weighted by molar-refractivity contribution is 7.92. The first kappa shape index (κ1) is 17.9. The molecule has 23 heavy (non-hydrogen) atoms. The summed E-state index contributed by atoms with van der Waals surface area (Å²) in [5.41, 5.74) is 1.17. The van der Waals surface area contributed by atoms with Crippen LogP contribution in [0.15, 0.2) is 12.4 Å². The molecule has 0 radical (unpaired) electrons. The van der Waals surface area contributed by atoms with E-state index in [-0.39, 0.29) is 17.4 Å². The maximum absolute atomic E-state index is 12.1. The van der Waals surface area contributed by atoms with Crippen LogP contribution in [-0.2, 0) is 27.7 Å². The number of amides is 1. The molecule has 1 aromatic rings. The van der Waals surface area contributed by atoms with Crippen LogP contribution >= 0.6 is 0 Å². The second kappa shape index (κ2) is 7.92. The molecule has 1 aromatic heterocycles. The van der Waals surface area contributed by atoms with Gasteiger partial charge < -0.3 is 4.90 Å². The van der Waals surface area contributed by atoms with Crippen LogP contribution in [0.25, 0.3) is 0 Å². The molecular formula is C15H26N4O3S. The summed E-state index contributed by atoms with van der Waals surface area (Å²) < 4.78 is 25.1. The zero-order valence-corrected chi connectivity index (χ0v) is 14.8. The molecule has 0 saturated carbocycles. The van der Waals surface area contributed by atoms with Gasteiger partial charge in [0.15, 0.2) is 9.84 Å². The van der Waals surface area contributed by atoms with Crippen molar-refractivity contribution in [1.82, 2.24) is 19.6 Å². The van der Waals surface area contributed by atoms with E-state index < -0.39 is 9.84 Å². The monoisotopic (exact) mass is 342 g/mol. The maximum atomic E-state index is 12.1. The maximum Gasteiger partial charge on any atom is 0.237 e. The first-order valence-corrected chi connectivity index (χ1v) is 9.97. The molecule has 0 spiro atoms. The fourth-order valence-electron chi connectivity index (χ4n) is 2.68. The number of aromatic nitrogens is 2. The van der Waals surface area contributed by atoms with E-state index in [0.29, 0.717) is 13.1 Å². The number of carbonyl (C=O) groups is 1. The molecule has 7 nitrogen and oxygen atoms in total. The smallest absolute Gasteiger partial charge is 0.237 e. The number of hydrogen-bond acceptors (Lipinski definition) is 5. The van der Waals surface area contributed by atoms with Crippen LogP contribution in [0.4, 0.5) is 0 Å². The Balaban J connectivity index is 1.87. The largest absolute Gasteiger partial charge is 0.340 e. The standard InChI is InChI=1S/C15H26N4O3S/c1-3-19-12-14(10-16-19)11-17-6-5-7-18(9-8-17)15(20)13-23(21,22)4-2/h10,12H,3-9,11,13H2,1-2H3. The number of aryl methyl sites for hydroxylation is 1. The molecule has 1 aliphatic rings. The quantitative estimate of drug-likeness (QED) is 0.747. The Morgan fingerprint density at radius 1 is 1.22 bits per heavy atom. The molecule has 0 unspecified atom stereocenters. The van der Waals surface area contributed by atoms with Gasteiger partial charge in [0.05, 0.1) is 6.20 Å². The fraction of sp³-hybridized carbons (Fsp3) is 0.733. The zero-order chi connectivity index (χ0) is 16.9. The minimum Gasteiger partial charge on any atom is -0.340 e. The van der Waals surface area contributed by atoms with E-state index in [2.05, 4.69) is 16.9 Å². The molecule has 1 fully saturated rings. The number of nitrogens with zero attached hydrogens (tertiary/aromatic N) is 4. The highest BCUT2D eigenvalue weighted by atomic mass is 32.2. The van der Waals surface area contributed by atoms with Crippen molar-refractivity contribution in [2.24, 2.45) is 0 Å². The summed E-state index contributed by atoms with van der Waals surface area (Å²) in [4.78, 5) is 16.1. The van der Waals surface area contributed by atoms with Gasteiger partial charge in [0.1, 0.15) is 5.75 Å². The van der Waals surface area contributed by atoms with E-state index in [4.69, 9.17) is 0 Å². The van der Waals surface area contributed by atoms with E-state index in [0.717, 1.165) is 32.6 Å². The van der Waals surface area contributed by atoms with Crippen LogP contribution in [0.1, 0.15) is 25.8 Å². The Labute approximate surface area is 138 Å². The van der Waals surface area contributed by atoms with Crippen molar-refractivity contribution in [3.8, 4) is 0 Å². The van der Waals surface area contributed by atoms with Crippen molar-refractivity contribution in [3.05, 3.63) is 18.0 Å². The molecule has 0 aromatic carbocycles. The van der Waals surface area contributed by atoms with Crippen LogP contribution in [0.5, 0.6) is 0 Å². The van der Waals surface area contributed by atoms with Crippen molar-refractivity contribution < 1.29 is 13.2 Å². The van der Waals surface area contributed by atoms with Gasteiger partial charge in [0, 0.05) is 56.8 Å². The summed E-state index contributed by atoms with van der Waals surface area (Å²) in [7, 11) is -3.26. The van der Waals surface area contributed by atoms with Gasteiger partial charge in [-0.1, -0.05) is 6.92 Å². The third-order valence-corrected chi connectivity index (χ3v) is 5.71. The molecule has 0 N–H and O–H groups in total. The van der Waals surface area contributed by atoms with Crippen LogP contribution in [0, 0.1) is 0 Å². The molecule has 0 atom stereocenters. The summed E-state index contributed by atoms with van der Waals surface area (Å²) in [5.74, 6) is -0.625. The third-order valence-electron chi connectivity index (χ3n) is 4.14. The predicted molar refractivity (Wildman–Crippen MR) is 88.7 cm³/mol. The van der Waals surface area contributed by atoms with Crippen molar-refractivity contribution in [2.75, 3.05) is 37.7 Å². The van der Waals surface area contributed by atoms with Crippen LogP contribution in [0.2, 0.25) is 0 Å². The van der Waals surface area contributed by atoms with Gasteiger partial charge in [0.25, 0.3) is 0 Å². The van der Waals surface area contributed by atoms with Gasteiger partial charge in [-0.15, -0.1) is 0 Å².